The first-order valence-electron chi connectivity index (χ1n) is 18.0. The number of hydrogen-bond acceptors (Lipinski definition) is 2. The van der Waals surface area contributed by atoms with E-state index in [0.717, 1.165) is 11.5 Å². The molecular formula is C36H74S2Zn. The maximum Gasteiger partial charge on any atom is 2.00 e. The van der Waals surface area contributed by atoms with Crippen molar-refractivity contribution >= 4 is 25.3 Å². The standard InChI is InChI=1S/2C18H38S.Zn/c2*1-2-3-4-5-6-7-8-9-10-11-12-13-14-15-16-17-18-19;/h2*19H,2-18H2,1H3;/q;;+2/p-2. The topological polar surface area (TPSA) is 0 Å². The molecule has 232 valence electrons. The van der Waals surface area contributed by atoms with E-state index in [1.54, 1.807) is 0 Å². The van der Waals surface area contributed by atoms with Crippen LogP contribution in [0, 0.1) is 0 Å². The molecule has 0 atom stereocenters. The second kappa shape index (κ2) is 46.3. The molecule has 3 heteroatoms. The molecule has 0 saturated carbocycles. The maximum atomic E-state index is 4.95. The van der Waals surface area contributed by atoms with Gasteiger partial charge in [0.15, 0.2) is 0 Å². The van der Waals surface area contributed by atoms with E-state index in [9.17, 15) is 0 Å². The summed E-state index contributed by atoms with van der Waals surface area (Å²) < 4.78 is 0. The zero-order chi connectivity index (χ0) is 28.0. The van der Waals surface area contributed by atoms with E-state index in [1.807, 2.05) is 0 Å². The van der Waals surface area contributed by atoms with Crippen LogP contribution in [0.1, 0.15) is 219 Å². The van der Waals surface area contributed by atoms with Crippen molar-refractivity contribution < 1.29 is 19.5 Å². The van der Waals surface area contributed by atoms with E-state index in [1.165, 1.54) is 205 Å². The summed E-state index contributed by atoms with van der Waals surface area (Å²) in [6, 6.07) is 0. The number of unbranched alkanes of at least 4 members (excludes halogenated alkanes) is 30. The van der Waals surface area contributed by atoms with Crippen LogP contribution in [0.2, 0.25) is 0 Å². The van der Waals surface area contributed by atoms with Gasteiger partial charge in [-0.1, -0.05) is 219 Å². The van der Waals surface area contributed by atoms with Crippen molar-refractivity contribution in [2.75, 3.05) is 11.5 Å². The van der Waals surface area contributed by atoms with Crippen molar-refractivity contribution in [3.8, 4) is 0 Å². The first kappa shape index (κ1) is 44.8. The fourth-order valence-corrected chi connectivity index (χ4v) is 5.71. The minimum atomic E-state index is 0. The Bertz CT molecular complexity index is 298. The molecule has 0 aliphatic carbocycles. The Labute approximate surface area is 274 Å². The molecule has 0 spiro atoms. The molecular weight excluding hydrogens is 562 g/mol. The van der Waals surface area contributed by atoms with Gasteiger partial charge in [-0.3, -0.25) is 0 Å². The molecule has 0 rings (SSSR count). The predicted octanol–water partition coefficient (Wildman–Crippen LogP) is 13.6. The van der Waals surface area contributed by atoms with E-state index in [-0.39, 0.29) is 19.5 Å². The predicted molar refractivity (Wildman–Crippen MR) is 184 cm³/mol. The quantitative estimate of drug-likeness (QED) is 0.0409. The molecule has 0 aliphatic rings. The Balaban J connectivity index is -0.000000648. The van der Waals surface area contributed by atoms with Crippen molar-refractivity contribution in [1.29, 1.82) is 0 Å². The molecule has 0 bridgehead atoms. The fraction of sp³-hybridized carbons (Fsp3) is 1.00. The van der Waals surface area contributed by atoms with Crippen molar-refractivity contribution in [1.82, 2.24) is 0 Å². The Morgan fingerprint density at radius 3 is 0.487 bits per heavy atom. The van der Waals surface area contributed by atoms with Crippen LogP contribution in [0.3, 0.4) is 0 Å². The monoisotopic (exact) mass is 634 g/mol. The molecule has 0 aromatic heterocycles. The van der Waals surface area contributed by atoms with Crippen molar-refractivity contribution in [3.05, 3.63) is 0 Å². The van der Waals surface area contributed by atoms with Gasteiger partial charge in [-0.2, -0.15) is 11.5 Å². The smallest absolute Gasteiger partial charge is 0.793 e. The van der Waals surface area contributed by atoms with Gasteiger partial charge in [0.05, 0.1) is 0 Å². The summed E-state index contributed by atoms with van der Waals surface area (Å²) in [5, 5.41) is 0. The van der Waals surface area contributed by atoms with Gasteiger partial charge in [-0.25, -0.2) is 0 Å². The third kappa shape index (κ3) is 49.3. The van der Waals surface area contributed by atoms with E-state index in [4.69, 9.17) is 25.3 Å². The minimum Gasteiger partial charge on any atom is -0.793 e. The summed E-state index contributed by atoms with van der Waals surface area (Å²) in [6.45, 7) is 4.58. The number of hydrogen-bond donors (Lipinski definition) is 0. The van der Waals surface area contributed by atoms with Crippen molar-refractivity contribution in [2.24, 2.45) is 0 Å². The molecule has 0 heterocycles. The molecule has 0 fully saturated rings. The minimum absolute atomic E-state index is 0. The van der Waals surface area contributed by atoms with Crippen molar-refractivity contribution in [3.63, 3.8) is 0 Å². The van der Waals surface area contributed by atoms with Gasteiger partial charge in [-0.05, 0) is 0 Å². The summed E-state index contributed by atoms with van der Waals surface area (Å²) in [5.74, 6) is 1.91. The van der Waals surface area contributed by atoms with Crippen LogP contribution in [-0.4, -0.2) is 11.5 Å². The Morgan fingerprint density at radius 2 is 0.359 bits per heavy atom. The summed E-state index contributed by atoms with van der Waals surface area (Å²) >= 11 is 9.90. The molecule has 0 aromatic rings. The largest absolute Gasteiger partial charge is 2.00 e. The van der Waals surface area contributed by atoms with Gasteiger partial charge >= 0.3 is 19.5 Å². The molecule has 0 aliphatic heterocycles. The fourth-order valence-electron chi connectivity index (χ4n) is 5.30. The first-order valence-corrected chi connectivity index (χ1v) is 19.1. The first-order chi connectivity index (χ1) is 18.8. The molecule has 0 amide bonds. The van der Waals surface area contributed by atoms with E-state index in [0.29, 0.717) is 0 Å². The van der Waals surface area contributed by atoms with E-state index in [2.05, 4.69) is 13.8 Å². The third-order valence-electron chi connectivity index (χ3n) is 8.00. The van der Waals surface area contributed by atoms with Gasteiger partial charge in [0.25, 0.3) is 0 Å². The van der Waals surface area contributed by atoms with Gasteiger partial charge < -0.3 is 25.3 Å². The normalized spacial score (nSPS) is 10.8. The second-order valence-electron chi connectivity index (χ2n) is 12.0. The van der Waals surface area contributed by atoms with Gasteiger partial charge in [0.2, 0.25) is 0 Å². The van der Waals surface area contributed by atoms with E-state index >= 15 is 0 Å². The average Bonchev–Trinajstić information content (AvgIpc) is 2.93. The second-order valence-corrected chi connectivity index (χ2v) is 12.8. The Kier molecular flexibility index (Phi) is 53.1. The van der Waals surface area contributed by atoms with Gasteiger partial charge in [-0.15, -0.1) is 0 Å². The molecule has 39 heavy (non-hydrogen) atoms. The summed E-state index contributed by atoms with van der Waals surface area (Å²) in [5.41, 5.74) is 0. The molecule has 0 nitrogen and oxygen atoms in total. The molecule has 0 N–H and O–H groups in total. The van der Waals surface area contributed by atoms with Gasteiger partial charge in [0, 0.05) is 0 Å². The molecule has 0 saturated heterocycles. The van der Waals surface area contributed by atoms with Crippen LogP contribution in [0.4, 0.5) is 0 Å². The average molecular weight is 637 g/mol. The van der Waals surface area contributed by atoms with Crippen LogP contribution >= 0.6 is 0 Å². The van der Waals surface area contributed by atoms with Crippen molar-refractivity contribution in [2.45, 2.75) is 219 Å². The number of rotatable bonds is 32. The Hall–Kier alpha value is 1.32. The van der Waals surface area contributed by atoms with Crippen LogP contribution in [0.25, 0.3) is 0 Å². The van der Waals surface area contributed by atoms with Crippen LogP contribution in [0.5, 0.6) is 0 Å². The van der Waals surface area contributed by atoms with Gasteiger partial charge in [0.1, 0.15) is 0 Å². The summed E-state index contributed by atoms with van der Waals surface area (Å²) in [6.07, 6.45) is 45.9. The molecule has 0 aromatic carbocycles. The molecule has 0 unspecified atom stereocenters. The van der Waals surface area contributed by atoms with Crippen LogP contribution in [-0.2, 0) is 44.7 Å². The Morgan fingerprint density at radius 1 is 0.231 bits per heavy atom. The summed E-state index contributed by atoms with van der Waals surface area (Å²) in [4.78, 5) is 0. The zero-order valence-corrected chi connectivity index (χ0v) is 32.2. The molecule has 0 radical (unpaired) electrons. The zero-order valence-electron chi connectivity index (χ0n) is 27.6. The van der Waals surface area contributed by atoms with Crippen LogP contribution in [0.15, 0.2) is 0 Å². The maximum absolute atomic E-state index is 4.95. The van der Waals surface area contributed by atoms with E-state index < -0.39 is 0 Å². The SMILES string of the molecule is CCCCCCCCCCCCCCCCCC[S-].CCCCCCCCCCCCCCCCCC[S-].[Zn+2]. The summed E-state index contributed by atoms with van der Waals surface area (Å²) in [7, 11) is 0. The third-order valence-corrected chi connectivity index (χ3v) is 8.57. The van der Waals surface area contributed by atoms with Crippen LogP contribution < -0.4 is 0 Å².